The maximum atomic E-state index is 12.3. The number of carbonyl (C=O) groups is 1. The highest BCUT2D eigenvalue weighted by molar-refractivity contribution is 6.00. The summed E-state index contributed by atoms with van der Waals surface area (Å²) in [5, 5.41) is 9.57. The van der Waals surface area contributed by atoms with Gasteiger partial charge in [0.05, 0.1) is 12.0 Å². The molecule has 1 atom stereocenters. The van der Waals surface area contributed by atoms with Gasteiger partial charge in [0.15, 0.2) is 5.78 Å². The van der Waals surface area contributed by atoms with Crippen molar-refractivity contribution in [3.63, 3.8) is 0 Å². The first-order chi connectivity index (χ1) is 10.7. The van der Waals surface area contributed by atoms with Crippen LogP contribution in [-0.4, -0.2) is 17.5 Å². The van der Waals surface area contributed by atoms with Gasteiger partial charge in [-0.2, -0.15) is 0 Å². The average molecular weight is 294 g/mol. The van der Waals surface area contributed by atoms with E-state index in [-0.39, 0.29) is 17.6 Å². The van der Waals surface area contributed by atoms with Crippen LogP contribution in [0.5, 0.6) is 17.2 Å². The van der Waals surface area contributed by atoms with Crippen LogP contribution in [0, 0.1) is 0 Å². The number of aromatic hydroxyl groups is 1. The predicted molar refractivity (Wildman–Crippen MR) is 81.4 cm³/mol. The third-order valence-electron chi connectivity index (χ3n) is 3.94. The number of hydrogen-bond acceptors (Lipinski definition) is 4. The molecule has 0 saturated heterocycles. The summed E-state index contributed by atoms with van der Waals surface area (Å²) < 4.78 is 11.4. The third-order valence-corrected chi connectivity index (χ3v) is 3.94. The zero-order valence-electron chi connectivity index (χ0n) is 11.8. The summed E-state index contributed by atoms with van der Waals surface area (Å²) in [6.07, 6.45) is 3.91. The van der Waals surface area contributed by atoms with Crippen molar-refractivity contribution >= 4 is 11.9 Å². The summed E-state index contributed by atoms with van der Waals surface area (Å²) in [6, 6.07) is 10.4. The van der Waals surface area contributed by atoms with Crippen molar-refractivity contribution in [2.24, 2.45) is 0 Å². The van der Waals surface area contributed by atoms with Crippen LogP contribution >= 0.6 is 0 Å². The van der Waals surface area contributed by atoms with Gasteiger partial charge >= 0.3 is 0 Å². The maximum Gasteiger partial charge on any atom is 0.170 e. The lowest BCUT2D eigenvalue weighted by atomic mass is 9.95. The Bertz CT molecular complexity index is 792. The first-order valence-electron chi connectivity index (χ1n) is 7.17. The van der Waals surface area contributed by atoms with E-state index < -0.39 is 0 Å². The molecule has 2 aliphatic rings. The Morgan fingerprint density at radius 2 is 2.00 bits per heavy atom. The van der Waals surface area contributed by atoms with Crippen molar-refractivity contribution in [1.29, 1.82) is 0 Å². The number of rotatable bonds is 1. The summed E-state index contributed by atoms with van der Waals surface area (Å²) in [4.78, 5) is 12.3. The van der Waals surface area contributed by atoms with Gasteiger partial charge in [0, 0.05) is 11.6 Å². The molecule has 2 aromatic rings. The first kappa shape index (κ1) is 13.0. The fraction of sp³-hybridized carbons (Fsp3) is 0.167. The Hall–Kier alpha value is -2.75. The Kier molecular flexibility index (Phi) is 2.89. The number of phenols is 1. The van der Waals surface area contributed by atoms with E-state index in [9.17, 15) is 9.90 Å². The summed E-state index contributed by atoms with van der Waals surface area (Å²) in [5.74, 6) is 1.39. The van der Waals surface area contributed by atoms with Crippen LogP contribution in [0.15, 0.2) is 42.5 Å². The van der Waals surface area contributed by atoms with E-state index in [1.807, 2.05) is 30.4 Å². The van der Waals surface area contributed by atoms with E-state index in [0.29, 0.717) is 24.3 Å². The zero-order chi connectivity index (χ0) is 15.1. The summed E-state index contributed by atoms with van der Waals surface area (Å²) in [5.41, 5.74) is 2.44. The van der Waals surface area contributed by atoms with E-state index >= 15 is 0 Å². The number of fused-ring (bicyclic) bond motifs is 2. The fourth-order valence-corrected chi connectivity index (χ4v) is 2.84. The fourth-order valence-electron chi connectivity index (χ4n) is 2.84. The molecular formula is C18H14O4. The predicted octanol–water partition coefficient (Wildman–Crippen LogP) is 3.50. The molecule has 1 N–H and O–H groups in total. The average Bonchev–Trinajstić information content (AvgIpc) is 2.54. The van der Waals surface area contributed by atoms with Gasteiger partial charge in [-0.05, 0) is 35.9 Å². The molecule has 2 heterocycles. The van der Waals surface area contributed by atoms with E-state index in [0.717, 1.165) is 16.9 Å². The van der Waals surface area contributed by atoms with Crippen LogP contribution in [0.25, 0.3) is 6.08 Å². The van der Waals surface area contributed by atoms with Crippen molar-refractivity contribution in [2.45, 2.75) is 12.5 Å². The molecule has 0 aliphatic carbocycles. The molecule has 4 rings (SSSR count). The number of Topliss-reactive ketones (excluding diaryl/α,β-unsaturated/α-hetero) is 1. The van der Waals surface area contributed by atoms with Gasteiger partial charge in [-0.1, -0.05) is 12.1 Å². The lowest BCUT2D eigenvalue weighted by molar-refractivity contribution is 0.0849. The van der Waals surface area contributed by atoms with Crippen molar-refractivity contribution < 1.29 is 19.4 Å². The first-order valence-corrected chi connectivity index (χ1v) is 7.17. The van der Waals surface area contributed by atoms with E-state index in [2.05, 4.69) is 0 Å². The molecule has 4 heteroatoms. The number of ether oxygens (including phenoxy) is 2. The van der Waals surface area contributed by atoms with Gasteiger partial charge in [-0.25, -0.2) is 0 Å². The van der Waals surface area contributed by atoms with Gasteiger partial charge in [-0.3, -0.25) is 4.79 Å². The quantitative estimate of drug-likeness (QED) is 0.874. The minimum Gasteiger partial charge on any atom is -0.508 e. The lowest BCUT2D eigenvalue weighted by Crippen LogP contribution is -2.20. The molecule has 0 saturated carbocycles. The molecular weight excluding hydrogens is 280 g/mol. The number of ketones is 1. The van der Waals surface area contributed by atoms with E-state index in [4.69, 9.17) is 9.47 Å². The Morgan fingerprint density at radius 3 is 2.91 bits per heavy atom. The lowest BCUT2D eigenvalue weighted by Gasteiger charge is -2.26. The summed E-state index contributed by atoms with van der Waals surface area (Å²) >= 11 is 0. The van der Waals surface area contributed by atoms with Crippen LogP contribution in [0.3, 0.4) is 0 Å². The number of phenolic OH excluding ortho intramolecular Hbond substituents is 1. The topological polar surface area (TPSA) is 55.8 Å². The Labute approximate surface area is 127 Å². The van der Waals surface area contributed by atoms with Crippen LogP contribution in [0.2, 0.25) is 0 Å². The highest BCUT2D eigenvalue weighted by Gasteiger charge is 2.28. The van der Waals surface area contributed by atoms with Crippen LogP contribution in [-0.2, 0) is 0 Å². The molecule has 0 aromatic heterocycles. The second-order valence-electron chi connectivity index (χ2n) is 5.42. The monoisotopic (exact) mass is 294 g/mol. The van der Waals surface area contributed by atoms with Gasteiger partial charge in [0.25, 0.3) is 0 Å². The maximum absolute atomic E-state index is 12.3. The molecule has 0 spiro atoms. The summed E-state index contributed by atoms with van der Waals surface area (Å²) in [6.45, 7) is 0.581. The number of carbonyl (C=O) groups excluding carboxylic acids is 1. The zero-order valence-corrected chi connectivity index (χ0v) is 11.8. The van der Waals surface area contributed by atoms with Gasteiger partial charge < -0.3 is 14.6 Å². The van der Waals surface area contributed by atoms with Gasteiger partial charge in [0.1, 0.15) is 30.0 Å². The standard InChI is InChI=1S/C18H14O4/c19-13-4-5-14-15(20)10-17(22-18(14)9-13)12-3-6-16-11(8-12)2-1-7-21-16/h1-6,8-9,17,19H,7,10H2. The third kappa shape index (κ3) is 2.13. The number of benzene rings is 2. The second-order valence-corrected chi connectivity index (χ2v) is 5.42. The Balaban J connectivity index is 1.70. The smallest absolute Gasteiger partial charge is 0.170 e. The normalized spacial score (nSPS) is 18.9. The van der Waals surface area contributed by atoms with E-state index in [1.54, 1.807) is 6.07 Å². The highest BCUT2D eigenvalue weighted by atomic mass is 16.5. The van der Waals surface area contributed by atoms with Crippen molar-refractivity contribution in [3.05, 3.63) is 59.2 Å². The van der Waals surface area contributed by atoms with Crippen molar-refractivity contribution in [1.82, 2.24) is 0 Å². The second kappa shape index (κ2) is 4.91. The van der Waals surface area contributed by atoms with Crippen LogP contribution < -0.4 is 9.47 Å². The molecule has 0 bridgehead atoms. The molecule has 0 radical (unpaired) electrons. The molecule has 4 nitrogen and oxygen atoms in total. The molecule has 0 fully saturated rings. The summed E-state index contributed by atoms with van der Waals surface area (Å²) in [7, 11) is 0. The minimum absolute atomic E-state index is 0.0239. The van der Waals surface area contributed by atoms with Crippen molar-refractivity contribution in [3.8, 4) is 17.2 Å². The van der Waals surface area contributed by atoms with Crippen molar-refractivity contribution in [2.75, 3.05) is 6.61 Å². The SMILES string of the molecule is O=C1CC(c2ccc3c(c2)C=CCO3)Oc2cc(O)ccc21. The number of hydrogen-bond donors (Lipinski definition) is 1. The largest absolute Gasteiger partial charge is 0.508 e. The minimum atomic E-state index is -0.345. The van der Waals surface area contributed by atoms with Crippen LogP contribution in [0.1, 0.15) is 34.0 Å². The molecule has 0 amide bonds. The van der Waals surface area contributed by atoms with Gasteiger partial charge in [-0.15, -0.1) is 0 Å². The molecule has 2 aromatic carbocycles. The van der Waals surface area contributed by atoms with Crippen LogP contribution in [0.4, 0.5) is 0 Å². The molecule has 110 valence electrons. The highest BCUT2D eigenvalue weighted by Crippen LogP contribution is 2.38. The molecule has 1 unspecified atom stereocenters. The molecule has 22 heavy (non-hydrogen) atoms. The van der Waals surface area contributed by atoms with Gasteiger partial charge in [0.2, 0.25) is 0 Å². The molecule has 2 aliphatic heterocycles. The Morgan fingerprint density at radius 1 is 1.09 bits per heavy atom. The van der Waals surface area contributed by atoms with E-state index in [1.165, 1.54) is 12.1 Å².